The Morgan fingerprint density at radius 1 is 1.04 bits per heavy atom. The zero-order chi connectivity index (χ0) is 16.8. The lowest BCUT2D eigenvalue weighted by Gasteiger charge is -2.14. The SMILES string of the molecule is COc1ccc(Oc2c(C)cc(CCC=O)cc2C)cc1C=O. The van der Waals surface area contributed by atoms with E-state index >= 15 is 0 Å². The molecule has 4 heteroatoms. The van der Waals surface area contributed by atoms with Gasteiger partial charge >= 0.3 is 0 Å². The largest absolute Gasteiger partial charge is 0.496 e. The van der Waals surface area contributed by atoms with Gasteiger partial charge in [0.05, 0.1) is 12.7 Å². The van der Waals surface area contributed by atoms with Gasteiger partial charge in [-0.15, -0.1) is 0 Å². The van der Waals surface area contributed by atoms with Gasteiger partial charge in [0.2, 0.25) is 0 Å². The second-order valence-corrected chi connectivity index (χ2v) is 5.39. The average Bonchev–Trinajstić information content (AvgIpc) is 2.56. The number of hydrogen-bond donors (Lipinski definition) is 0. The van der Waals surface area contributed by atoms with Gasteiger partial charge in [-0.2, -0.15) is 0 Å². The van der Waals surface area contributed by atoms with Crippen LogP contribution in [-0.4, -0.2) is 19.7 Å². The topological polar surface area (TPSA) is 52.6 Å². The first kappa shape index (κ1) is 16.7. The summed E-state index contributed by atoms with van der Waals surface area (Å²) in [6.07, 6.45) is 2.91. The minimum Gasteiger partial charge on any atom is -0.496 e. The molecule has 0 aliphatic carbocycles. The first-order valence-electron chi connectivity index (χ1n) is 7.44. The molecule has 2 aromatic carbocycles. The molecule has 23 heavy (non-hydrogen) atoms. The van der Waals surface area contributed by atoms with Gasteiger partial charge in [-0.3, -0.25) is 4.79 Å². The molecule has 0 saturated carbocycles. The quantitative estimate of drug-likeness (QED) is 0.724. The van der Waals surface area contributed by atoms with Crippen LogP contribution in [0.25, 0.3) is 0 Å². The maximum Gasteiger partial charge on any atom is 0.153 e. The van der Waals surface area contributed by atoms with Gasteiger partial charge in [-0.25, -0.2) is 0 Å². The molecule has 0 saturated heterocycles. The highest BCUT2D eigenvalue weighted by molar-refractivity contribution is 5.80. The lowest BCUT2D eigenvalue weighted by Crippen LogP contribution is -1.96. The van der Waals surface area contributed by atoms with Crippen LogP contribution in [0.2, 0.25) is 0 Å². The van der Waals surface area contributed by atoms with Crippen molar-refractivity contribution in [3.63, 3.8) is 0 Å². The summed E-state index contributed by atoms with van der Waals surface area (Å²) >= 11 is 0. The molecule has 120 valence electrons. The van der Waals surface area contributed by atoms with E-state index in [9.17, 15) is 9.59 Å². The predicted molar refractivity (Wildman–Crippen MR) is 88.8 cm³/mol. The molecule has 0 atom stereocenters. The van der Waals surface area contributed by atoms with Crippen molar-refractivity contribution in [1.29, 1.82) is 0 Å². The summed E-state index contributed by atoms with van der Waals surface area (Å²) in [5.74, 6) is 1.87. The molecule has 0 aliphatic rings. The standard InChI is InChI=1S/C19H20O4/c1-13-9-15(5-4-8-20)10-14(2)19(13)23-17-6-7-18(22-3)16(11-17)12-21/h6-12H,4-5H2,1-3H3. The highest BCUT2D eigenvalue weighted by Gasteiger charge is 2.10. The highest BCUT2D eigenvalue weighted by atomic mass is 16.5. The van der Waals surface area contributed by atoms with Crippen LogP contribution >= 0.6 is 0 Å². The Labute approximate surface area is 136 Å². The molecule has 0 amide bonds. The molecule has 0 N–H and O–H groups in total. The normalized spacial score (nSPS) is 10.2. The fourth-order valence-corrected chi connectivity index (χ4v) is 2.56. The van der Waals surface area contributed by atoms with Crippen molar-refractivity contribution >= 4 is 12.6 Å². The molecule has 4 nitrogen and oxygen atoms in total. The summed E-state index contributed by atoms with van der Waals surface area (Å²) < 4.78 is 11.1. The van der Waals surface area contributed by atoms with Crippen LogP contribution in [0.5, 0.6) is 17.2 Å². The summed E-state index contributed by atoms with van der Waals surface area (Å²) in [4.78, 5) is 21.6. The van der Waals surface area contributed by atoms with Crippen LogP contribution in [0, 0.1) is 13.8 Å². The summed E-state index contributed by atoms with van der Waals surface area (Å²) in [6, 6.07) is 9.18. The average molecular weight is 312 g/mol. The second-order valence-electron chi connectivity index (χ2n) is 5.39. The van der Waals surface area contributed by atoms with Crippen molar-refractivity contribution in [3.05, 3.63) is 52.6 Å². The molecular formula is C19H20O4. The van der Waals surface area contributed by atoms with Crippen LogP contribution in [0.3, 0.4) is 0 Å². The Morgan fingerprint density at radius 3 is 2.30 bits per heavy atom. The first-order valence-corrected chi connectivity index (χ1v) is 7.44. The number of rotatable bonds is 7. The van der Waals surface area contributed by atoms with Gasteiger partial charge in [-0.05, 0) is 55.2 Å². The number of carbonyl (C=O) groups is 2. The monoisotopic (exact) mass is 312 g/mol. The molecule has 0 radical (unpaired) electrons. The van der Waals surface area contributed by atoms with Crippen LogP contribution in [0.15, 0.2) is 30.3 Å². The van der Waals surface area contributed by atoms with Crippen LogP contribution in [0.4, 0.5) is 0 Å². The van der Waals surface area contributed by atoms with Crippen LogP contribution in [-0.2, 0) is 11.2 Å². The fraction of sp³-hybridized carbons (Fsp3) is 0.263. The fourth-order valence-electron chi connectivity index (χ4n) is 2.56. The predicted octanol–water partition coefficient (Wildman–Crippen LogP) is 4.05. The number of benzene rings is 2. The van der Waals surface area contributed by atoms with Crippen molar-refractivity contribution in [2.75, 3.05) is 7.11 Å². The number of aldehydes is 2. The highest BCUT2D eigenvalue weighted by Crippen LogP contribution is 2.32. The van der Waals surface area contributed by atoms with Crippen molar-refractivity contribution < 1.29 is 19.1 Å². The lowest BCUT2D eigenvalue weighted by atomic mass is 10.0. The summed E-state index contributed by atoms with van der Waals surface area (Å²) in [5.41, 5.74) is 3.55. The molecular weight excluding hydrogens is 292 g/mol. The maximum absolute atomic E-state index is 11.1. The van der Waals surface area contributed by atoms with Crippen molar-refractivity contribution in [2.45, 2.75) is 26.7 Å². The van der Waals surface area contributed by atoms with Gasteiger partial charge in [0.25, 0.3) is 0 Å². The zero-order valence-corrected chi connectivity index (χ0v) is 13.6. The molecule has 2 aromatic rings. The van der Waals surface area contributed by atoms with Gasteiger partial charge < -0.3 is 14.3 Å². The molecule has 0 spiro atoms. The third-order valence-electron chi connectivity index (χ3n) is 3.62. The van der Waals surface area contributed by atoms with Crippen molar-refractivity contribution in [2.24, 2.45) is 0 Å². The van der Waals surface area contributed by atoms with Crippen LogP contribution < -0.4 is 9.47 Å². The Bertz CT molecular complexity index is 696. The third kappa shape index (κ3) is 3.97. The molecule has 0 fully saturated rings. The van der Waals surface area contributed by atoms with E-state index in [1.807, 2.05) is 26.0 Å². The van der Waals surface area contributed by atoms with E-state index in [-0.39, 0.29) is 0 Å². The van der Waals surface area contributed by atoms with E-state index in [0.717, 1.165) is 41.4 Å². The number of aryl methyl sites for hydroxylation is 3. The minimum atomic E-state index is 0.447. The lowest BCUT2D eigenvalue weighted by molar-refractivity contribution is -0.107. The van der Waals surface area contributed by atoms with Gasteiger partial charge in [-0.1, -0.05) is 12.1 Å². The molecule has 0 aromatic heterocycles. The summed E-state index contributed by atoms with van der Waals surface area (Å²) in [7, 11) is 1.52. The summed E-state index contributed by atoms with van der Waals surface area (Å²) in [5, 5.41) is 0. The maximum atomic E-state index is 11.1. The number of carbonyl (C=O) groups excluding carboxylic acids is 2. The van der Waals surface area contributed by atoms with Gasteiger partial charge in [0.15, 0.2) is 6.29 Å². The van der Waals surface area contributed by atoms with Crippen LogP contribution in [0.1, 0.15) is 33.5 Å². The van der Waals surface area contributed by atoms with E-state index in [4.69, 9.17) is 9.47 Å². The molecule has 0 unspecified atom stereocenters. The van der Waals surface area contributed by atoms with E-state index in [2.05, 4.69) is 0 Å². The van der Waals surface area contributed by atoms with Crippen molar-refractivity contribution in [3.8, 4) is 17.2 Å². The summed E-state index contributed by atoms with van der Waals surface area (Å²) in [6.45, 7) is 3.94. The Balaban J connectivity index is 2.29. The van der Waals surface area contributed by atoms with Gasteiger partial charge in [0.1, 0.15) is 23.5 Å². The first-order chi connectivity index (χ1) is 11.1. The number of methoxy groups -OCH3 is 1. The Kier molecular flexibility index (Phi) is 5.52. The molecule has 0 aliphatic heterocycles. The second kappa shape index (κ2) is 7.58. The van der Waals surface area contributed by atoms with E-state index in [1.165, 1.54) is 7.11 Å². The Hall–Kier alpha value is -2.62. The Morgan fingerprint density at radius 2 is 1.74 bits per heavy atom. The minimum absolute atomic E-state index is 0.447. The van der Waals surface area contributed by atoms with E-state index in [0.29, 0.717) is 23.5 Å². The van der Waals surface area contributed by atoms with Gasteiger partial charge in [0, 0.05) is 6.42 Å². The number of hydrogen-bond acceptors (Lipinski definition) is 4. The molecule has 0 heterocycles. The van der Waals surface area contributed by atoms with Crippen molar-refractivity contribution in [1.82, 2.24) is 0 Å². The molecule has 2 rings (SSSR count). The zero-order valence-electron chi connectivity index (χ0n) is 13.6. The smallest absolute Gasteiger partial charge is 0.153 e. The number of ether oxygens (including phenoxy) is 2. The molecule has 0 bridgehead atoms. The van der Waals surface area contributed by atoms with E-state index in [1.54, 1.807) is 18.2 Å². The van der Waals surface area contributed by atoms with E-state index < -0.39 is 0 Å². The third-order valence-corrected chi connectivity index (χ3v) is 3.62.